The lowest BCUT2D eigenvalue weighted by Gasteiger charge is -2.40. The zero-order chi connectivity index (χ0) is 16.0. The molecule has 0 atom stereocenters. The van der Waals surface area contributed by atoms with Gasteiger partial charge in [-0.05, 0) is 41.5 Å². The molecule has 21 heavy (non-hydrogen) atoms. The van der Waals surface area contributed by atoms with Gasteiger partial charge in [0, 0.05) is 51.4 Å². The number of hydrogen-bond acceptors (Lipinski definition) is 4. The van der Waals surface area contributed by atoms with E-state index in [1.54, 1.807) is 0 Å². The van der Waals surface area contributed by atoms with Crippen LogP contribution < -0.4 is 10.6 Å². The van der Waals surface area contributed by atoms with E-state index in [-0.39, 0.29) is 5.91 Å². The molecule has 0 spiro atoms. The van der Waals surface area contributed by atoms with Crippen LogP contribution in [0.5, 0.6) is 0 Å². The van der Waals surface area contributed by atoms with Crippen molar-refractivity contribution in [2.45, 2.75) is 59.2 Å². The molecule has 0 aliphatic carbocycles. The molecule has 2 N–H and O–H groups in total. The van der Waals surface area contributed by atoms with E-state index in [0.717, 1.165) is 32.7 Å². The summed E-state index contributed by atoms with van der Waals surface area (Å²) in [7, 11) is 0. The van der Waals surface area contributed by atoms with Gasteiger partial charge in [0.1, 0.15) is 0 Å². The number of hydrogen-bond donors (Lipinski definition) is 2. The Balaban J connectivity index is 2.44. The zero-order valence-electron chi connectivity index (χ0n) is 14.7. The van der Waals surface area contributed by atoms with Crippen LogP contribution in [0.2, 0.25) is 0 Å². The zero-order valence-corrected chi connectivity index (χ0v) is 14.7. The molecule has 1 fully saturated rings. The molecule has 5 heteroatoms. The summed E-state index contributed by atoms with van der Waals surface area (Å²) in [5.74, 6) is 0.136. The van der Waals surface area contributed by atoms with E-state index in [0.29, 0.717) is 18.6 Å². The number of rotatable bonds is 7. The van der Waals surface area contributed by atoms with Gasteiger partial charge in [0.2, 0.25) is 5.91 Å². The quantitative estimate of drug-likeness (QED) is 0.733. The first-order chi connectivity index (χ1) is 9.76. The standard InChI is InChI=1S/C16H34N4O/c1-13(2)20(14(3)4)12-9-18-15(21)16(5,6)19-10-7-17-8-11-19/h13-14,17H,7-12H2,1-6H3,(H,18,21). The van der Waals surface area contributed by atoms with Crippen molar-refractivity contribution in [3.8, 4) is 0 Å². The van der Waals surface area contributed by atoms with E-state index in [9.17, 15) is 4.79 Å². The van der Waals surface area contributed by atoms with Crippen LogP contribution in [0.1, 0.15) is 41.5 Å². The van der Waals surface area contributed by atoms with E-state index >= 15 is 0 Å². The summed E-state index contributed by atoms with van der Waals surface area (Å²) in [6.07, 6.45) is 0. The van der Waals surface area contributed by atoms with Gasteiger partial charge in [0.25, 0.3) is 0 Å². The Kier molecular flexibility index (Phi) is 7.10. The van der Waals surface area contributed by atoms with Crippen LogP contribution in [0, 0.1) is 0 Å². The van der Waals surface area contributed by atoms with Gasteiger partial charge in [-0.2, -0.15) is 0 Å². The van der Waals surface area contributed by atoms with Gasteiger partial charge in [0.05, 0.1) is 5.54 Å². The molecule has 1 aliphatic heterocycles. The summed E-state index contributed by atoms with van der Waals surface area (Å²) in [4.78, 5) is 17.2. The van der Waals surface area contributed by atoms with Crippen molar-refractivity contribution in [1.82, 2.24) is 20.4 Å². The smallest absolute Gasteiger partial charge is 0.239 e. The second-order valence-corrected chi connectivity index (χ2v) is 6.98. The first-order valence-corrected chi connectivity index (χ1v) is 8.26. The number of carbonyl (C=O) groups excluding carboxylic acids is 1. The summed E-state index contributed by atoms with van der Waals surface area (Å²) in [6.45, 7) is 18.3. The number of piperazine rings is 1. The molecule has 0 unspecified atom stereocenters. The van der Waals surface area contributed by atoms with E-state index in [1.165, 1.54) is 0 Å². The maximum atomic E-state index is 12.5. The van der Waals surface area contributed by atoms with Crippen molar-refractivity contribution in [3.05, 3.63) is 0 Å². The molecule has 0 saturated carbocycles. The van der Waals surface area contributed by atoms with Crippen molar-refractivity contribution in [3.63, 3.8) is 0 Å². The molecule has 1 aliphatic rings. The fourth-order valence-corrected chi connectivity index (χ4v) is 2.99. The SMILES string of the molecule is CC(C)N(CCNC(=O)C(C)(C)N1CCNCC1)C(C)C. The monoisotopic (exact) mass is 298 g/mol. The van der Waals surface area contributed by atoms with Gasteiger partial charge >= 0.3 is 0 Å². The third-order valence-electron chi connectivity index (χ3n) is 4.45. The van der Waals surface area contributed by atoms with Crippen LogP contribution in [0.15, 0.2) is 0 Å². The molecule has 5 nitrogen and oxygen atoms in total. The molecule has 1 amide bonds. The summed E-state index contributed by atoms with van der Waals surface area (Å²) in [6, 6.07) is 1.01. The van der Waals surface area contributed by atoms with Crippen LogP contribution in [-0.2, 0) is 4.79 Å². The predicted molar refractivity (Wildman–Crippen MR) is 88.5 cm³/mol. The fraction of sp³-hybridized carbons (Fsp3) is 0.938. The predicted octanol–water partition coefficient (Wildman–Crippen LogP) is 0.905. The molecule has 0 bridgehead atoms. The van der Waals surface area contributed by atoms with Gasteiger partial charge in [-0.1, -0.05) is 0 Å². The topological polar surface area (TPSA) is 47.6 Å². The highest BCUT2D eigenvalue weighted by Gasteiger charge is 2.34. The minimum absolute atomic E-state index is 0.136. The van der Waals surface area contributed by atoms with E-state index in [4.69, 9.17) is 0 Å². The summed E-state index contributed by atoms with van der Waals surface area (Å²) < 4.78 is 0. The van der Waals surface area contributed by atoms with Crippen LogP contribution in [-0.4, -0.2) is 72.6 Å². The van der Waals surface area contributed by atoms with Gasteiger partial charge in [-0.25, -0.2) is 0 Å². The van der Waals surface area contributed by atoms with E-state index in [2.05, 4.69) is 48.1 Å². The lowest BCUT2D eigenvalue weighted by Crippen LogP contribution is -2.60. The van der Waals surface area contributed by atoms with Crippen molar-refractivity contribution < 1.29 is 4.79 Å². The third-order valence-corrected chi connectivity index (χ3v) is 4.45. The van der Waals surface area contributed by atoms with Crippen LogP contribution in [0.3, 0.4) is 0 Å². The first-order valence-electron chi connectivity index (χ1n) is 8.26. The molecule has 1 heterocycles. The number of amides is 1. The second-order valence-electron chi connectivity index (χ2n) is 6.98. The third kappa shape index (κ3) is 5.24. The maximum Gasteiger partial charge on any atom is 0.239 e. The Bertz CT molecular complexity index is 314. The first kappa shape index (κ1) is 18.4. The van der Waals surface area contributed by atoms with Crippen molar-refractivity contribution >= 4 is 5.91 Å². The van der Waals surface area contributed by atoms with Crippen molar-refractivity contribution in [2.24, 2.45) is 0 Å². The molecule has 0 radical (unpaired) electrons. The Morgan fingerprint density at radius 3 is 2.19 bits per heavy atom. The second kappa shape index (κ2) is 8.11. The molecule has 0 aromatic rings. The minimum Gasteiger partial charge on any atom is -0.353 e. The van der Waals surface area contributed by atoms with Gasteiger partial charge < -0.3 is 10.6 Å². The largest absolute Gasteiger partial charge is 0.353 e. The number of nitrogens with zero attached hydrogens (tertiary/aromatic N) is 2. The minimum atomic E-state index is -0.428. The average molecular weight is 298 g/mol. The van der Waals surface area contributed by atoms with Gasteiger partial charge in [-0.3, -0.25) is 14.6 Å². The van der Waals surface area contributed by atoms with Crippen LogP contribution >= 0.6 is 0 Å². The van der Waals surface area contributed by atoms with Crippen LogP contribution in [0.4, 0.5) is 0 Å². The average Bonchev–Trinajstić information content (AvgIpc) is 2.43. The summed E-state index contributed by atoms with van der Waals surface area (Å²) in [5.41, 5.74) is -0.428. The molecular weight excluding hydrogens is 264 g/mol. The Morgan fingerprint density at radius 2 is 1.71 bits per heavy atom. The Labute approximate surface area is 130 Å². The Hall–Kier alpha value is -0.650. The molecule has 1 saturated heterocycles. The van der Waals surface area contributed by atoms with Gasteiger partial charge in [0.15, 0.2) is 0 Å². The summed E-state index contributed by atoms with van der Waals surface area (Å²) >= 11 is 0. The van der Waals surface area contributed by atoms with Crippen molar-refractivity contribution in [1.29, 1.82) is 0 Å². The highest BCUT2D eigenvalue weighted by Crippen LogP contribution is 2.15. The number of carbonyl (C=O) groups is 1. The van der Waals surface area contributed by atoms with E-state index in [1.807, 2.05) is 13.8 Å². The normalized spacial score (nSPS) is 17.8. The molecular formula is C16H34N4O. The Morgan fingerprint density at radius 1 is 1.19 bits per heavy atom. The lowest BCUT2D eigenvalue weighted by molar-refractivity contribution is -0.132. The van der Waals surface area contributed by atoms with Crippen molar-refractivity contribution in [2.75, 3.05) is 39.3 Å². The molecule has 0 aromatic carbocycles. The van der Waals surface area contributed by atoms with Gasteiger partial charge in [-0.15, -0.1) is 0 Å². The molecule has 0 aromatic heterocycles. The summed E-state index contributed by atoms with van der Waals surface area (Å²) in [5, 5.41) is 6.45. The lowest BCUT2D eigenvalue weighted by atomic mass is 10.0. The highest BCUT2D eigenvalue weighted by atomic mass is 16.2. The highest BCUT2D eigenvalue weighted by molar-refractivity contribution is 5.85. The molecule has 1 rings (SSSR count). The van der Waals surface area contributed by atoms with E-state index < -0.39 is 5.54 Å². The van der Waals surface area contributed by atoms with Crippen LogP contribution in [0.25, 0.3) is 0 Å². The molecule has 124 valence electrons. The number of nitrogens with one attached hydrogen (secondary N) is 2. The maximum absolute atomic E-state index is 12.5. The fourth-order valence-electron chi connectivity index (χ4n) is 2.99.